The molecule has 0 aliphatic heterocycles. The first-order chi connectivity index (χ1) is 15.4. The molecule has 0 bridgehead atoms. The van der Waals surface area contributed by atoms with Gasteiger partial charge in [0.05, 0.1) is 12.1 Å². The molecule has 0 saturated heterocycles. The van der Waals surface area contributed by atoms with Crippen molar-refractivity contribution in [3.63, 3.8) is 0 Å². The lowest BCUT2D eigenvalue weighted by atomic mass is 10.2. The number of halogens is 2. The number of hydrogen-bond acceptors (Lipinski definition) is 5. The highest BCUT2D eigenvalue weighted by Crippen LogP contribution is 2.23. The van der Waals surface area contributed by atoms with Crippen LogP contribution in [0.5, 0.6) is 5.75 Å². The number of amides is 1. The van der Waals surface area contributed by atoms with E-state index in [0.717, 1.165) is 15.6 Å². The Hall–Kier alpha value is -3.10. The van der Waals surface area contributed by atoms with Crippen LogP contribution in [0, 0.1) is 13.8 Å². The van der Waals surface area contributed by atoms with Gasteiger partial charge in [-0.05, 0) is 43.7 Å². The number of aromatic nitrogens is 3. The zero-order chi connectivity index (χ0) is 22.7. The normalized spacial score (nSPS) is 10.9. The number of hydrogen-bond donors (Lipinski definition) is 1. The van der Waals surface area contributed by atoms with E-state index in [-0.39, 0.29) is 18.1 Å². The fourth-order valence-corrected chi connectivity index (χ4v) is 3.50. The standard InChI is InChI=1S/C23H20BrClN4O3/c1-14-3-9-18(10-4-14)31-13-19-15(2)32-28-21(19)23(30)26-22-20(25)12-29(27-22)11-16-5-7-17(24)8-6-16/h3-10,12H,11,13H2,1-2H3,(H,26,27,30). The monoisotopic (exact) mass is 514 g/mol. The number of ether oxygens (including phenoxy) is 1. The van der Waals surface area contributed by atoms with Crippen LogP contribution in [0.25, 0.3) is 0 Å². The van der Waals surface area contributed by atoms with Crippen molar-refractivity contribution in [3.05, 3.63) is 92.4 Å². The molecule has 0 aliphatic rings. The molecule has 2 aromatic heterocycles. The summed E-state index contributed by atoms with van der Waals surface area (Å²) in [6, 6.07) is 15.5. The second-order valence-electron chi connectivity index (χ2n) is 7.27. The first-order valence-electron chi connectivity index (χ1n) is 9.82. The molecule has 4 rings (SSSR count). The van der Waals surface area contributed by atoms with Crippen LogP contribution in [0.1, 0.15) is 32.9 Å². The van der Waals surface area contributed by atoms with Crippen LogP contribution in [0.4, 0.5) is 5.82 Å². The SMILES string of the molecule is Cc1ccc(OCc2c(C(=O)Nc3nn(Cc4ccc(Br)cc4)cc3Cl)noc2C)cc1. The van der Waals surface area contributed by atoms with Crippen LogP contribution >= 0.6 is 27.5 Å². The van der Waals surface area contributed by atoms with Gasteiger partial charge in [-0.25, -0.2) is 0 Å². The Morgan fingerprint density at radius 3 is 2.59 bits per heavy atom. The van der Waals surface area contributed by atoms with Gasteiger partial charge in [-0.1, -0.05) is 62.5 Å². The summed E-state index contributed by atoms with van der Waals surface area (Å²) in [5.41, 5.74) is 2.88. The molecule has 0 radical (unpaired) electrons. The number of rotatable bonds is 7. The van der Waals surface area contributed by atoms with Crippen LogP contribution in [0.15, 0.2) is 63.7 Å². The van der Waals surface area contributed by atoms with Gasteiger partial charge in [0.25, 0.3) is 5.91 Å². The summed E-state index contributed by atoms with van der Waals surface area (Å²) in [7, 11) is 0. The van der Waals surface area contributed by atoms with E-state index in [4.69, 9.17) is 20.9 Å². The average molecular weight is 516 g/mol. The summed E-state index contributed by atoms with van der Waals surface area (Å²) >= 11 is 9.71. The smallest absolute Gasteiger partial charge is 0.279 e. The molecule has 0 unspecified atom stereocenters. The van der Waals surface area contributed by atoms with E-state index in [2.05, 4.69) is 31.5 Å². The van der Waals surface area contributed by atoms with E-state index in [9.17, 15) is 4.79 Å². The fourth-order valence-electron chi connectivity index (χ4n) is 3.04. The van der Waals surface area contributed by atoms with Gasteiger partial charge < -0.3 is 14.6 Å². The van der Waals surface area contributed by atoms with Crippen molar-refractivity contribution in [1.29, 1.82) is 0 Å². The quantitative estimate of drug-likeness (QED) is 0.337. The van der Waals surface area contributed by atoms with Crippen molar-refractivity contribution in [2.24, 2.45) is 0 Å². The van der Waals surface area contributed by atoms with Crippen LogP contribution in [0.3, 0.4) is 0 Å². The maximum absolute atomic E-state index is 12.9. The number of carbonyl (C=O) groups is 1. The summed E-state index contributed by atoms with van der Waals surface area (Å²) in [5, 5.41) is 11.3. The van der Waals surface area contributed by atoms with Crippen LogP contribution in [0.2, 0.25) is 5.02 Å². The lowest BCUT2D eigenvalue weighted by Gasteiger charge is -2.07. The second kappa shape index (κ2) is 9.58. The molecule has 0 spiro atoms. The minimum Gasteiger partial charge on any atom is -0.489 e. The van der Waals surface area contributed by atoms with Crippen molar-refractivity contribution in [1.82, 2.24) is 14.9 Å². The van der Waals surface area contributed by atoms with Gasteiger partial charge in [-0.3, -0.25) is 9.48 Å². The van der Waals surface area contributed by atoms with Crippen molar-refractivity contribution in [3.8, 4) is 5.75 Å². The Morgan fingerprint density at radius 1 is 1.16 bits per heavy atom. The Bertz CT molecular complexity index is 1230. The van der Waals surface area contributed by atoms with Gasteiger partial charge in [-0.2, -0.15) is 5.10 Å². The molecule has 0 fully saturated rings. The average Bonchev–Trinajstić information content (AvgIpc) is 3.31. The third kappa shape index (κ3) is 5.20. The second-order valence-corrected chi connectivity index (χ2v) is 8.59. The number of nitrogens with zero attached hydrogens (tertiary/aromatic N) is 3. The number of anilines is 1. The fraction of sp³-hybridized carbons (Fsp3) is 0.174. The molecule has 1 amide bonds. The summed E-state index contributed by atoms with van der Waals surface area (Å²) in [6.07, 6.45) is 1.66. The predicted octanol–water partition coefficient (Wildman–Crippen LogP) is 5.78. The molecule has 9 heteroatoms. The van der Waals surface area contributed by atoms with Crippen molar-refractivity contribution in [2.45, 2.75) is 27.0 Å². The first kappa shape index (κ1) is 22.1. The first-order valence-corrected chi connectivity index (χ1v) is 11.0. The van der Waals surface area contributed by atoms with E-state index < -0.39 is 5.91 Å². The molecule has 2 heterocycles. The van der Waals surface area contributed by atoms with Gasteiger partial charge in [0.2, 0.25) is 0 Å². The highest BCUT2D eigenvalue weighted by Gasteiger charge is 2.22. The Kier molecular flexibility index (Phi) is 6.62. The van der Waals surface area contributed by atoms with Crippen molar-refractivity contribution in [2.75, 3.05) is 5.32 Å². The molecule has 32 heavy (non-hydrogen) atoms. The van der Waals surface area contributed by atoms with Crippen LogP contribution < -0.4 is 10.1 Å². The van der Waals surface area contributed by atoms with E-state index >= 15 is 0 Å². The topological polar surface area (TPSA) is 82.2 Å². The maximum atomic E-state index is 12.9. The van der Waals surface area contributed by atoms with Gasteiger partial charge >= 0.3 is 0 Å². The lowest BCUT2D eigenvalue weighted by Crippen LogP contribution is -2.16. The highest BCUT2D eigenvalue weighted by atomic mass is 79.9. The number of benzene rings is 2. The molecule has 1 N–H and O–H groups in total. The molecule has 2 aromatic carbocycles. The molecular formula is C23H20BrClN4O3. The minimum atomic E-state index is -0.472. The third-order valence-electron chi connectivity index (χ3n) is 4.81. The Labute approximate surface area is 198 Å². The molecular weight excluding hydrogens is 496 g/mol. The number of nitrogens with one attached hydrogen (secondary N) is 1. The molecule has 4 aromatic rings. The largest absolute Gasteiger partial charge is 0.489 e. The zero-order valence-electron chi connectivity index (χ0n) is 17.4. The van der Waals surface area contributed by atoms with Crippen LogP contribution in [-0.4, -0.2) is 20.8 Å². The highest BCUT2D eigenvalue weighted by molar-refractivity contribution is 9.10. The lowest BCUT2D eigenvalue weighted by molar-refractivity contribution is 0.101. The summed E-state index contributed by atoms with van der Waals surface area (Å²) in [4.78, 5) is 12.9. The molecule has 0 aliphatic carbocycles. The zero-order valence-corrected chi connectivity index (χ0v) is 19.8. The van der Waals surface area contributed by atoms with Crippen molar-refractivity contribution < 1.29 is 14.1 Å². The minimum absolute atomic E-state index is 0.133. The molecule has 164 valence electrons. The van der Waals surface area contributed by atoms with Crippen molar-refractivity contribution >= 4 is 39.3 Å². The van der Waals surface area contributed by atoms with Gasteiger partial charge in [-0.15, -0.1) is 0 Å². The number of aryl methyl sites for hydroxylation is 2. The van der Waals surface area contributed by atoms with E-state index in [1.54, 1.807) is 17.8 Å². The van der Waals surface area contributed by atoms with Gasteiger partial charge in [0.1, 0.15) is 23.1 Å². The molecule has 0 saturated carbocycles. The third-order valence-corrected chi connectivity index (χ3v) is 5.62. The number of carbonyl (C=O) groups excluding carboxylic acids is 1. The predicted molar refractivity (Wildman–Crippen MR) is 125 cm³/mol. The molecule has 7 nitrogen and oxygen atoms in total. The summed E-state index contributed by atoms with van der Waals surface area (Å²) in [5.74, 6) is 0.978. The van der Waals surface area contributed by atoms with Crippen LogP contribution in [-0.2, 0) is 13.2 Å². The van der Waals surface area contributed by atoms with Gasteiger partial charge in [0, 0.05) is 10.7 Å². The Morgan fingerprint density at radius 2 is 1.88 bits per heavy atom. The van der Waals surface area contributed by atoms with E-state index in [1.165, 1.54) is 0 Å². The molecule has 0 atom stereocenters. The summed E-state index contributed by atoms with van der Waals surface area (Å²) < 4.78 is 13.7. The Balaban J connectivity index is 1.45. The van der Waals surface area contributed by atoms with Gasteiger partial charge in [0.15, 0.2) is 11.5 Å². The summed E-state index contributed by atoms with van der Waals surface area (Å²) in [6.45, 7) is 4.40. The maximum Gasteiger partial charge on any atom is 0.279 e. The van der Waals surface area contributed by atoms with E-state index in [1.807, 2.05) is 55.5 Å². The van der Waals surface area contributed by atoms with E-state index in [0.29, 0.717) is 28.6 Å².